The van der Waals surface area contributed by atoms with Crippen LogP contribution in [0.25, 0.3) is 0 Å². The Balaban J connectivity index is 2.79. The molecule has 0 aliphatic carbocycles. The fourth-order valence-corrected chi connectivity index (χ4v) is 1.11. The van der Waals surface area contributed by atoms with Gasteiger partial charge in [-0.25, -0.2) is 0 Å². The first kappa shape index (κ1) is 10.8. The van der Waals surface area contributed by atoms with Crippen molar-refractivity contribution in [1.29, 1.82) is 0 Å². The van der Waals surface area contributed by atoms with E-state index >= 15 is 0 Å². The van der Waals surface area contributed by atoms with Crippen LogP contribution < -0.4 is 0 Å². The minimum Gasteiger partial charge on any atom is -0.394 e. The van der Waals surface area contributed by atoms with E-state index in [2.05, 4.69) is 4.74 Å². The zero-order valence-electron chi connectivity index (χ0n) is 6.54. The lowest BCUT2D eigenvalue weighted by molar-refractivity contribution is -0.403. The van der Waals surface area contributed by atoms with E-state index in [1.165, 1.54) is 0 Å². The van der Waals surface area contributed by atoms with Crippen LogP contribution in [-0.4, -0.2) is 62.6 Å². The fourth-order valence-electron chi connectivity index (χ4n) is 1.11. The summed E-state index contributed by atoms with van der Waals surface area (Å²) in [6.07, 6.45) is -7.27. The molecule has 0 saturated carbocycles. The second kappa shape index (κ2) is 3.45. The van der Waals surface area contributed by atoms with E-state index in [1.54, 1.807) is 0 Å². The van der Waals surface area contributed by atoms with Crippen LogP contribution in [-0.2, 0) is 4.74 Å². The Bertz CT molecular complexity index is 184. The van der Waals surface area contributed by atoms with E-state index in [9.17, 15) is 4.39 Å². The normalized spacial score (nSPS) is 52.2. The lowest BCUT2D eigenvalue weighted by Gasteiger charge is -2.40. The van der Waals surface area contributed by atoms with Gasteiger partial charge in [-0.05, 0) is 0 Å². The second-order valence-electron chi connectivity index (χ2n) is 2.87. The van der Waals surface area contributed by atoms with Crippen molar-refractivity contribution < 1.29 is 34.7 Å². The van der Waals surface area contributed by atoms with Crippen molar-refractivity contribution in [2.24, 2.45) is 0 Å². The Morgan fingerprint density at radius 1 is 1.23 bits per heavy atom. The summed E-state index contributed by atoms with van der Waals surface area (Å²) in [6, 6.07) is -3.45. The molecule has 1 heterocycles. The summed E-state index contributed by atoms with van der Waals surface area (Å²) < 4.78 is 16.9. The second-order valence-corrected chi connectivity index (χ2v) is 2.87. The summed E-state index contributed by atoms with van der Waals surface area (Å²) in [5.41, 5.74) is 0. The maximum atomic E-state index is 12.8. The number of hydrogen-bond acceptors (Lipinski definition) is 6. The lowest BCUT2D eigenvalue weighted by atomic mass is 9.98. The first-order valence-corrected chi connectivity index (χ1v) is 3.64. The number of alkyl halides is 1. The van der Waals surface area contributed by atoms with Crippen LogP contribution in [0.2, 0.25) is 0 Å². The molecule has 0 aromatic carbocycles. The average molecular weight is 198 g/mol. The lowest BCUT2D eigenvalue weighted by Crippen LogP contribution is -2.63. The topological polar surface area (TPSA) is 110 Å². The molecule has 0 aromatic heterocycles. The van der Waals surface area contributed by atoms with Gasteiger partial charge in [0.05, 0.1) is 6.61 Å². The van der Waals surface area contributed by atoms with Gasteiger partial charge in [-0.3, -0.25) is 0 Å². The number of rotatable bonds is 1. The van der Waals surface area contributed by atoms with Gasteiger partial charge in [-0.1, -0.05) is 0 Å². The molecule has 0 bridgehead atoms. The molecule has 1 saturated heterocycles. The number of aliphatic hydroxyl groups is 5. The molecule has 5 atom stereocenters. The Kier molecular flexibility index (Phi) is 2.85. The number of hydrogen-bond donors (Lipinski definition) is 5. The molecule has 13 heavy (non-hydrogen) atoms. The van der Waals surface area contributed by atoms with Gasteiger partial charge in [0.15, 0.2) is 6.10 Å². The third kappa shape index (κ3) is 1.80. The number of aliphatic hydroxyl groups excluding tert-OH is 4. The van der Waals surface area contributed by atoms with Crippen LogP contribution in [0, 0.1) is 0 Å². The van der Waals surface area contributed by atoms with Crippen molar-refractivity contribution >= 4 is 0 Å². The molecule has 0 aromatic rings. The molecule has 0 amide bonds. The van der Waals surface area contributed by atoms with Gasteiger partial charge in [0.1, 0.15) is 18.3 Å². The van der Waals surface area contributed by atoms with Crippen molar-refractivity contribution in [3.63, 3.8) is 0 Å². The number of halogens is 1. The van der Waals surface area contributed by atoms with Gasteiger partial charge in [0, 0.05) is 0 Å². The fraction of sp³-hybridized carbons (Fsp3) is 1.00. The maximum Gasteiger partial charge on any atom is 0.347 e. The quantitative estimate of drug-likeness (QED) is 0.308. The summed E-state index contributed by atoms with van der Waals surface area (Å²) in [7, 11) is 0. The first-order chi connectivity index (χ1) is 5.90. The highest BCUT2D eigenvalue weighted by atomic mass is 19.2. The summed E-state index contributed by atoms with van der Waals surface area (Å²) in [6.45, 7) is -0.781. The minimum atomic E-state index is -3.45. The standard InChI is InChI=1S/C6H11FO6/c7-6(12)5(11)4(10)3(9)2(1-8)13-6/h2-5,8-12H,1H2/t2-,3-,4+,5-,6?/m1/s1. The van der Waals surface area contributed by atoms with Crippen molar-refractivity contribution in [2.75, 3.05) is 6.61 Å². The Morgan fingerprint density at radius 3 is 2.23 bits per heavy atom. The minimum absolute atomic E-state index is 0.781. The molecule has 0 spiro atoms. The Morgan fingerprint density at radius 2 is 1.77 bits per heavy atom. The maximum absolute atomic E-state index is 12.8. The van der Waals surface area contributed by atoms with Crippen LogP contribution in [0.15, 0.2) is 0 Å². The van der Waals surface area contributed by atoms with Crippen molar-refractivity contribution in [2.45, 2.75) is 30.5 Å². The molecular formula is C6H11FO6. The SMILES string of the molecule is OC[C@H]1OC(O)(F)[C@H](O)[C@@H](O)[C@@H]1O. The average Bonchev–Trinajstić information content (AvgIpc) is 2.08. The molecule has 1 aliphatic heterocycles. The summed E-state index contributed by atoms with van der Waals surface area (Å²) >= 11 is 0. The van der Waals surface area contributed by atoms with Crippen LogP contribution >= 0.6 is 0 Å². The predicted molar refractivity (Wildman–Crippen MR) is 36.0 cm³/mol. The van der Waals surface area contributed by atoms with Crippen molar-refractivity contribution in [1.82, 2.24) is 0 Å². The molecule has 1 unspecified atom stereocenters. The zero-order chi connectivity index (χ0) is 10.2. The van der Waals surface area contributed by atoms with Gasteiger partial charge in [-0.2, -0.15) is 4.39 Å². The monoisotopic (exact) mass is 198 g/mol. The van der Waals surface area contributed by atoms with Gasteiger partial charge >= 0.3 is 6.04 Å². The van der Waals surface area contributed by atoms with E-state index in [0.717, 1.165) is 0 Å². The largest absolute Gasteiger partial charge is 0.394 e. The van der Waals surface area contributed by atoms with Gasteiger partial charge in [0.25, 0.3) is 0 Å². The van der Waals surface area contributed by atoms with Crippen LogP contribution in [0.3, 0.4) is 0 Å². The van der Waals surface area contributed by atoms with E-state index in [-0.39, 0.29) is 0 Å². The molecule has 1 fully saturated rings. The number of ether oxygens (including phenoxy) is 1. The molecular weight excluding hydrogens is 187 g/mol. The Labute approximate surface area is 72.8 Å². The summed E-state index contributed by atoms with van der Waals surface area (Å²) in [5.74, 6) is 0. The summed E-state index contributed by atoms with van der Waals surface area (Å²) in [4.78, 5) is 0. The highest BCUT2D eigenvalue weighted by Crippen LogP contribution is 2.28. The van der Waals surface area contributed by atoms with Crippen LogP contribution in [0.1, 0.15) is 0 Å². The molecule has 0 radical (unpaired) electrons. The first-order valence-electron chi connectivity index (χ1n) is 3.64. The molecule has 7 heteroatoms. The molecule has 1 aliphatic rings. The highest BCUT2D eigenvalue weighted by Gasteiger charge is 2.53. The molecule has 1 rings (SSSR count). The molecule has 78 valence electrons. The van der Waals surface area contributed by atoms with Crippen molar-refractivity contribution in [3.05, 3.63) is 0 Å². The molecule has 6 nitrogen and oxygen atoms in total. The summed E-state index contributed by atoms with van der Waals surface area (Å²) in [5, 5.41) is 44.2. The zero-order valence-corrected chi connectivity index (χ0v) is 6.54. The molecule has 5 N–H and O–H groups in total. The van der Waals surface area contributed by atoms with Gasteiger partial charge < -0.3 is 30.3 Å². The van der Waals surface area contributed by atoms with Crippen LogP contribution in [0.4, 0.5) is 4.39 Å². The van der Waals surface area contributed by atoms with E-state index in [4.69, 9.17) is 25.5 Å². The van der Waals surface area contributed by atoms with Gasteiger partial charge in [-0.15, -0.1) is 0 Å². The third-order valence-electron chi connectivity index (χ3n) is 1.92. The highest BCUT2D eigenvalue weighted by molar-refractivity contribution is 4.91. The predicted octanol–water partition coefficient (Wildman–Crippen LogP) is -2.92. The van der Waals surface area contributed by atoms with E-state index in [0.29, 0.717) is 0 Å². The van der Waals surface area contributed by atoms with E-state index in [1.807, 2.05) is 0 Å². The van der Waals surface area contributed by atoms with Gasteiger partial charge in [0.2, 0.25) is 0 Å². The van der Waals surface area contributed by atoms with Crippen molar-refractivity contribution in [3.8, 4) is 0 Å². The smallest absolute Gasteiger partial charge is 0.347 e. The van der Waals surface area contributed by atoms with Crippen LogP contribution in [0.5, 0.6) is 0 Å². The third-order valence-corrected chi connectivity index (χ3v) is 1.92. The Hall–Kier alpha value is -0.310. The van der Waals surface area contributed by atoms with E-state index < -0.39 is 37.1 Å².